The minimum absolute atomic E-state index is 0.0679. The van der Waals surface area contributed by atoms with Crippen LogP contribution in [0, 0.1) is 5.82 Å². The molecule has 0 saturated heterocycles. The molecular formula is C20H18BrFN4O4. The molecule has 0 unspecified atom stereocenters. The highest BCUT2D eigenvalue weighted by atomic mass is 79.9. The van der Waals surface area contributed by atoms with Gasteiger partial charge in [-0.05, 0) is 55.3 Å². The second-order valence-corrected chi connectivity index (χ2v) is 7.39. The number of carbonyl (C=O) groups is 3. The Morgan fingerprint density at radius 3 is 2.57 bits per heavy atom. The topological polar surface area (TPSA) is 109 Å². The van der Waals surface area contributed by atoms with Gasteiger partial charge in [-0.1, -0.05) is 15.9 Å². The van der Waals surface area contributed by atoms with E-state index in [1.165, 1.54) is 30.5 Å². The molecule has 10 heteroatoms. The molecule has 8 nitrogen and oxygen atoms in total. The SMILES string of the molecule is O=C(COc1ccc(Br)cc1/C=N\NC(=O)C(=O)NC1CC1)Nc1ccc(F)cc1. The Morgan fingerprint density at radius 1 is 1.13 bits per heavy atom. The van der Waals surface area contributed by atoms with E-state index in [9.17, 15) is 18.8 Å². The van der Waals surface area contributed by atoms with Crippen molar-refractivity contribution in [3.05, 3.63) is 58.3 Å². The van der Waals surface area contributed by atoms with E-state index >= 15 is 0 Å². The summed E-state index contributed by atoms with van der Waals surface area (Å²) in [4.78, 5) is 35.4. The number of amides is 3. The van der Waals surface area contributed by atoms with E-state index in [1.807, 2.05) is 0 Å². The monoisotopic (exact) mass is 476 g/mol. The van der Waals surface area contributed by atoms with E-state index in [1.54, 1.807) is 18.2 Å². The van der Waals surface area contributed by atoms with E-state index in [-0.39, 0.29) is 12.6 Å². The molecule has 0 radical (unpaired) electrons. The molecule has 1 saturated carbocycles. The quantitative estimate of drug-likeness (QED) is 0.323. The predicted octanol–water partition coefficient (Wildman–Crippen LogP) is 2.33. The first-order valence-electron chi connectivity index (χ1n) is 9.02. The van der Waals surface area contributed by atoms with Gasteiger partial charge in [0.25, 0.3) is 5.91 Å². The summed E-state index contributed by atoms with van der Waals surface area (Å²) >= 11 is 3.33. The Hall–Kier alpha value is -3.27. The Morgan fingerprint density at radius 2 is 1.87 bits per heavy atom. The summed E-state index contributed by atoms with van der Waals surface area (Å²) in [5, 5.41) is 8.92. The molecule has 3 rings (SSSR count). The van der Waals surface area contributed by atoms with Gasteiger partial charge in [0.1, 0.15) is 11.6 Å². The maximum absolute atomic E-state index is 12.9. The summed E-state index contributed by atoms with van der Waals surface area (Å²) in [6.07, 6.45) is 3.05. The average Bonchev–Trinajstić information content (AvgIpc) is 3.53. The van der Waals surface area contributed by atoms with E-state index < -0.39 is 23.5 Å². The van der Waals surface area contributed by atoms with Crippen molar-refractivity contribution in [2.45, 2.75) is 18.9 Å². The number of hydrogen-bond acceptors (Lipinski definition) is 5. The highest BCUT2D eigenvalue weighted by molar-refractivity contribution is 9.10. The molecule has 30 heavy (non-hydrogen) atoms. The standard InChI is InChI=1S/C20H18BrFN4O4/c21-13-1-8-17(30-11-18(27)24-15-4-2-14(22)3-5-15)12(9-13)10-23-26-20(29)19(28)25-16-6-7-16/h1-5,8-10,16H,6-7,11H2,(H,24,27)(H,25,28)(H,26,29)/b23-10-. The van der Waals surface area contributed by atoms with Crippen LogP contribution < -0.4 is 20.8 Å². The molecule has 0 atom stereocenters. The van der Waals surface area contributed by atoms with Gasteiger partial charge in [0.15, 0.2) is 6.61 Å². The van der Waals surface area contributed by atoms with Crippen LogP contribution in [0.15, 0.2) is 52.0 Å². The maximum Gasteiger partial charge on any atom is 0.329 e. The van der Waals surface area contributed by atoms with Crippen LogP contribution >= 0.6 is 15.9 Å². The van der Waals surface area contributed by atoms with Crippen LogP contribution in [0.4, 0.5) is 10.1 Å². The van der Waals surface area contributed by atoms with E-state index in [2.05, 4.69) is 37.1 Å². The average molecular weight is 477 g/mol. The van der Waals surface area contributed by atoms with E-state index in [0.29, 0.717) is 17.0 Å². The first-order chi connectivity index (χ1) is 14.4. The van der Waals surface area contributed by atoms with Crippen LogP contribution in [0.3, 0.4) is 0 Å². The van der Waals surface area contributed by atoms with Crippen molar-refractivity contribution < 1.29 is 23.5 Å². The van der Waals surface area contributed by atoms with Crippen molar-refractivity contribution >= 4 is 45.6 Å². The minimum atomic E-state index is -0.866. The number of hydrogen-bond donors (Lipinski definition) is 3. The first kappa shape index (κ1) is 21.4. The summed E-state index contributed by atoms with van der Waals surface area (Å²) in [7, 11) is 0. The number of anilines is 1. The highest BCUT2D eigenvalue weighted by Crippen LogP contribution is 2.22. The van der Waals surface area contributed by atoms with Crippen LogP contribution in [0.5, 0.6) is 5.75 Å². The Kier molecular flexibility index (Phi) is 7.12. The highest BCUT2D eigenvalue weighted by Gasteiger charge is 2.26. The zero-order valence-corrected chi connectivity index (χ0v) is 17.2. The maximum atomic E-state index is 12.9. The largest absolute Gasteiger partial charge is 0.483 e. The lowest BCUT2D eigenvalue weighted by molar-refractivity contribution is -0.139. The molecule has 3 N–H and O–H groups in total. The molecule has 1 fully saturated rings. The third kappa shape index (κ3) is 6.66. The van der Waals surface area contributed by atoms with Crippen molar-refractivity contribution in [2.75, 3.05) is 11.9 Å². The van der Waals surface area contributed by atoms with Crippen LogP contribution in [0.2, 0.25) is 0 Å². The summed E-state index contributed by atoms with van der Waals surface area (Å²) in [5.74, 6) is -2.10. The molecule has 0 aliphatic heterocycles. The number of halogens is 2. The van der Waals surface area contributed by atoms with Gasteiger partial charge < -0.3 is 15.4 Å². The number of rotatable bonds is 7. The van der Waals surface area contributed by atoms with E-state index in [4.69, 9.17) is 4.74 Å². The molecule has 3 amide bonds. The van der Waals surface area contributed by atoms with Crippen molar-refractivity contribution in [2.24, 2.45) is 5.10 Å². The van der Waals surface area contributed by atoms with Crippen molar-refractivity contribution in [1.82, 2.24) is 10.7 Å². The van der Waals surface area contributed by atoms with Gasteiger partial charge in [0, 0.05) is 21.8 Å². The predicted molar refractivity (Wildman–Crippen MR) is 112 cm³/mol. The second-order valence-electron chi connectivity index (χ2n) is 6.47. The molecule has 0 spiro atoms. The van der Waals surface area contributed by atoms with Crippen molar-refractivity contribution in [3.8, 4) is 5.75 Å². The summed E-state index contributed by atoms with van der Waals surface area (Å²) in [6.45, 7) is -0.296. The zero-order chi connectivity index (χ0) is 21.5. The van der Waals surface area contributed by atoms with Crippen LogP contribution in [0.1, 0.15) is 18.4 Å². The molecule has 0 heterocycles. The fraction of sp³-hybridized carbons (Fsp3) is 0.200. The lowest BCUT2D eigenvalue weighted by Gasteiger charge is -2.10. The van der Waals surface area contributed by atoms with E-state index in [0.717, 1.165) is 17.3 Å². The summed E-state index contributed by atoms with van der Waals surface area (Å²) < 4.78 is 19.2. The summed E-state index contributed by atoms with van der Waals surface area (Å²) in [6, 6.07) is 10.4. The molecule has 2 aromatic carbocycles. The zero-order valence-electron chi connectivity index (χ0n) is 15.7. The minimum Gasteiger partial charge on any atom is -0.483 e. The molecule has 156 valence electrons. The Balaban J connectivity index is 1.55. The Bertz CT molecular complexity index is 977. The van der Waals surface area contributed by atoms with Gasteiger partial charge in [-0.3, -0.25) is 14.4 Å². The lowest BCUT2D eigenvalue weighted by atomic mass is 10.2. The van der Waals surface area contributed by atoms with Gasteiger partial charge in [0.2, 0.25) is 0 Å². The molecular weight excluding hydrogens is 459 g/mol. The molecule has 2 aromatic rings. The molecule has 0 bridgehead atoms. The second kappa shape index (κ2) is 9.97. The van der Waals surface area contributed by atoms with Crippen molar-refractivity contribution in [1.29, 1.82) is 0 Å². The first-order valence-corrected chi connectivity index (χ1v) is 9.81. The van der Waals surface area contributed by atoms with Crippen LogP contribution in [-0.4, -0.2) is 36.6 Å². The van der Waals surface area contributed by atoms with Gasteiger partial charge in [0.05, 0.1) is 6.21 Å². The smallest absolute Gasteiger partial charge is 0.329 e. The number of carbonyl (C=O) groups excluding carboxylic acids is 3. The number of ether oxygens (including phenoxy) is 1. The number of hydrazone groups is 1. The van der Waals surface area contributed by atoms with Gasteiger partial charge in [-0.2, -0.15) is 5.10 Å². The summed E-state index contributed by atoms with van der Waals surface area (Å²) in [5.41, 5.74) is 3.06. The normalized spacial score (nSPS) is 13.0. The third-order valence-corrected chi connectivity index (χ3v) is 4.44. The van der Waals surface area contributed by atoms with Gasteiger partial charge in [-0.15, -0.1) is 0 Å². The van der Waals surface area contributed by atoms with Gasteiger partial charge >= 0.3 is 11.8 Å². The number of benzene rings is 2. The number of nitrogens with one attached hydrogen (secondary N) is 3. The van der Waals surface area contributed by atoms with Crippen molar-refractivity contribution in [3.63, 3.8) is 0 Å². The van der Waals surface area contributed by atoms with Gasteiger partial charge in [-0.25, -0.2) is 9.82 Å². The van der Waals surface area contributed by atoms with Crippen LogP contribution in [0.25, 0.3) is 0 Å². The number of nitrogens with zero attached hydrogens (tertiary/aromatic N) is 1. The van der Waals surface area contributed by atoms with Crippen LogP contribution in [-0.2, 0) is 14.4 Å². The molecule has 1 aliphatic carbocycles. The lowest BCUT2D eigenvalue weighted by Crippen LogP contribution is -2.38. The third-order valence-electron chi connectivity index (χ3n) is 3.95. The molecule has 0 aromatic heterocycles. The Labute approximate surface area is 180 Å². The fourth-order valence-electron chi connectivity index (χ4n) is 2.32. The molecule has 1 aliphatic rings. The fourth-order valence-corrected chi connectivity index (χ4v) is 2.69.